The molecule has 0 atom stereocenters. The maximum Gasteiger partial charge on any atom is 0.269 e. The summed E-state index contributed by atoms with van der Waals surface area (Å²) in [6, 6.07) is 34.6. The molecule has 1 aliphatic rings. The molecule has 0 unspecified atom stereocenters. The van der Waals surface area contributed by atoms with E-state index in [1.54, 1.807) is 22.4 Å². The number of amidine groups is 1. The quantitative estimate of drug-likeness (QED) is 0.254. The van der Waals surface area contributed by atoms with Crippen molar-refractivity contribution in [2.75, 3.05) is 10.2 Å². The number of benzene rings is 4. The van der Waals surface area contributed by atoms with Crippen LogP contribution in [0.2, 0.25) is 0 Å². The van der Waals surface area contributed by atoms with Gasteiger partial charge in [-0.3, -0.25) is 15.5 Å². The van der Waals surface area contributed by atoms with Crippen LogP contribution in [0.5, 0.6) is 0 Å². The number of non-ortho nitro benzene ring substituents is 1. The highest BCUT2D eigenvalue weighted by atomic mass is 16.6. The molecular weight excluding hydrogens is 440 g/mol. The predicted octanol–water partition coefficient (Wildman–Crippen LogP) is 5.85. The molecule has 0 fully saturated rings. The number of hydrogen-bond donors (Lipinski definition) is 2. The number of nitro benzene ring substituents is 1. The summed E-state index contributed by atoms with van der Waals surface area (Å²) in [6.07, 6.45) is 0. The summed E-state index contributed by atoms with van der Waals surface area (Å²) in [6.45, 7) is 0. The number of nitrogens with one attached hydrogen (secondary N) is 2. The lowest BCUT2D eigenvalue weighted by atomic mass is 10.1. The van der Waals surface area contributed by atoms with E-state index in [-0.39, 0.29) is 5.69 Å². The first-order valence-corrected chi connectivity index (χ1v) is 11.1. The van der Waals surface area contributed by atoms with Crippen LogP contribution in [0.25, 0.3) is 22.2 Å². The van der Waals surface area contributed by atoms with E-state index in [0.717, 1.165) is 33.4 Å². The normalized spacial score (nSPS) is 13.1. The van der Waals surface area contributed by atoms with Crippen LogP contribution in [0, 0.1) is 10.1 Å². The summed E-state index contributed by atoms with van der Waals surface area (Å²) in [5.41, 5.74) is 9.02. The van der Waals surface area contributed by atoms with Crippen LogP contribution in [0.4, 0.5) is 17.1 Å². The molecule has 0 bridgehead atoms. The van der Waals surface area contributed by atoms with Crippen molar-refractivity contribution in [3.63, 3.8) is 0 Å². The van der Waals surface area contributed by atoms with Crippen LogP contribution in [0.15, 0.2) is 114 Å². The summed E-state index contributed by atoms with van der Waals surface area (Å²) < 4.78 is 0. The molecule has 4 aromatic carbocycles. The summed E-state index contributed by atoms with van der Waals surface area (Å²) in [7, 11) is 0. The number of fused-ring (bicyclic) bond motifs is 1. The molecular formula is C27H20N6O2. The van der Waals surface area contributed by atoms with Gasteiger partial charge in [0.15, 0.2) is 5.84 Å². The second-order valence-corrected chi connectivity index (χ2v) is 8.12. The number of nitro groups is 1. The third kappa shape index (κ3) is 3.83. The Kier molecular flexibility index (Phi) is 4.89. The molecule has 170 valence electrons. The highest BCUT2D eigenvalue weighted by molar-refractivity contribution is 6.02. The lowest BCUT2D eigenvalue weighted by Crippen LogP contribution is -2.44. The van der Waals surface area contributed by atoms with Crippen LogP contribution >= 0.6 is 0 Å². The van der Waals surface area contributed by atoms with E-state index in [4.69, 9.17) is 5.10 Å². The van der Waals surface area contributed by atoms with Gasteiger partial charge in [0.2, 0.25) is 0 Å². The smallest absolute Gasteiger partial charge is 0.269 e. The molecule has 0 amide bonds. The van der Waals surface area contributed by atoms with Gasteiger partial charge in [-0.2, -0.15) is 10.2 Å². The van der Waals surface area contributed by atoms with Crippen molar-refractivity contribution in [1.29, 1.82) is 0 Å². The maximum atomic E-state index is 11.1. The number of hydrazine groups is 2. The Balaban J connectivity index is 1.35. The first-order valence-electron chi connectivity index (χ1n) is 11.1. The fraction of sp³-hybridized carbons (Fsp3) is 0. The van der Waals surface area contributed by atoms with Gasteiger partial charge in [0.1, 0.15) is 0 Å². The Morgan fingerprint density at radius 3 is 2.14 bits per heavy atom. The number of anilines is 2. The zero-order chi connectivity index (χ0) is 23.8. The summed E-state index contributed by atoms with van der Waals surface area (Å²) in [5.74, 6) is 0.670. The fourth-order valence-corrected chi connectivity index (χ4v) is 4.09. The van der Waals surface area contributed by atoms with Crippen molar-refractivity contribution in [3.8, 4) is 11.3 Å². The van der Waals surface area contributed by atoms with Crippen LogP contribution in [0.3, 0.4) is 0 Å². The highest BCUT2D eigenvalue weighted by Gasteiger charge is 2.27. The number of hydrazone groups is 1. The Morgan fingerprint density at radius 1 is 0.743 bits per heavy atom. The molecule has 6 rings (SSSR count). The minimum absolute atomic E-state index is 0.0337. The minimum atomic E-state index is -0.409. The van der Waals surface area contributed by atoms with Gasteiger partial charge in [0.05, 0.1) is 16.3 Å². The van der Waals surface area contributed by atoms with Crippen molar-refractivity contribution in [2.45, 2.75) is 0 Å². The molecule has 2 heterocycles. The van der Waals surface area contributed by atoms with Gasteiger partial charge in [-0.15, -0.1) is 5.10 Å². The summed E-state index contributed by atoms with van der Waals surface area (Å²) in [4.78, 5) is 14.2. The van der Waals surface area contributed by atoms with Gasteiger partial charge in [0.25, 0.3) is 5.69 Å². The van der Waals surface area contributed by atoms with E-state index in [0.29, 0.717) is 11.5 Å². The van der Waals surface area contributed by atoms with E-state index in [9.17, 15) is 10.1 Å². The van der Waals surface area contributed by atoms with Crippen molar-refractivity contribution < 1.29 is 4.92 Å². The molecule has 1 aromatic heterocycles. The number of rotatable bonds is 5. The minimum Gasteiger partial charge on any atom is -0.355 e. The molecule has 1 aliphatic heterocycles. The van der Waals surface area contributed by atoms with Crippen molar-refractivity contribution in [2.24, 2.45) is 5.10 Å². The molecule has 2 N–H and O–H groups in total. The van der Waals surface area contributed by atoms with Gasteiger partial charge in [-0.05, 0) is 42.0 Å². The number of aromatic nitrogens is 1. The summed E-state index contributed by atoms with van der Waals surface area (Å²) >= 11 is 0. The average Bonchev–Trinajstić information content (AvgIpc) is 3.55. The molecule has 5 aromatic rings. The third-order valence-corrected chi connectivity index (χ3v) is 5.89. The molecule has 8 heteroatoms. The average molecular weight is 460 g/mol. The Labute approximate surface area is 200 Å². The predicted molar refractivity (Wildman–Crippen MR) is 138 cm³/mol. The van der Waals surface area contributed by atoms with Gasteiger partial charge < -0.3 is 4.98 Å². The molecule has 8 nitrogen and oxygen atoms in total. The van der Waals surface area contributed by atoms with Crippen LogP contribution < -0.4 is 15.7 Å². The standard InChI is InChI=1S/C27H20N6O2/c34-33(35)24-16-14-23(15-17-24)32-30-27(20-6-2-1-3-7-20)29-31(32)22-12-10-19(11-13-22)26-18-21-8-4-5-9-25(21)28-26/h1-18,28H,(H,29,30). The van der Waals surface area contributed by atoms with Crippen molar-refractivity contribution in [3.05, 3.63) is 125 Å². The van der Waals surface area contributed by atoms with E-state index in [1.165, 1.54) is 12.1 Å². The third-order valence-electron chi connectivity index (χ3n) is 5.89. The molecule has 0 radical (unpaired) electrons. The number of H-pyrrole nitrogens is 1. The van der Waals surface area contributed by atoms with Gasteiger partial charge in [0, 0.05) is 34.3 Å². The van der Waals surface area contributed by atoms with Crippen LogP contribution in [-0.2, 0) is 0 Å². The molecule has 0 saturated carbocycles. The molecule has 0 aliphatic carbocycles. The second kappa shape index (κ2) is 8.35. The lowest BCUT2D eigenvalue weighted by molar-refractivity contribution is -0.384. The monoisotopic (exact) mass is 460 g/mol. The number of aromatic amines is 1. The second-order valence-electron chi connectivity index (χ2n) is 8.12. The maximum absolute atomic E-state index is 11.1. The first kappa shape index (κ1) is 20.5. The Hall–Kier alpha value is -5.11. The fourth-order valence-electron chi connectivity index (χ4n) is 4.09. The topological polar surface area (TPSA) is 89.8 Å². The molecule has 0 saturated heterocycles. The van der Waals surface area contributed by atoms with Gasteiger partial charge >= 0.3 is 0 Å². The van der Waals surface area contributed by atoms with E-state index in [1.807, 2.05) is 66.7 Å². The van der Waals surface area contributed by atoms with E-state index in [2.05, 4.69) is 28.6 Å². The zero-order valence-electron chi connectivity index (χ0n) is 18.5. The Morgan fingerprint density at radius 2 is 1.43 bits per heavy atom. The highest BCUT2D eigenvalue weighted by Crippen LogP contribution is 2.30. The van der Waals surface area contributed by atoms with Gasteiger partial charge in [-0.1, -0.05) is 60.7 Å². The largest absolute Gasteiger partial charge is 0.355 e. The van der Waals surface area contributed by atoms with Crippen LogP contribution in [-0.4, -0.2) is 15.7 Å². The van der Waals surface area contributed by atoms with Crippen molar-refractivity contribution in [1.82, 2.24) is 10.4 Å². The molecule has 0 spiro atoms. The van der Waals surface area contributed by atoms with E-state index < -0.39 is 4.92 Å². The van der Waals surface area contributed by atoms with Crippen LogP contribution in [0.1, 0.15) is 5.56 Å². The van der Waals surface area contributed by atoms with E-state index >= 15 is 0 Å². The number of nitrogens with zero attached hydrogens (tertiary/aromatic N) is 4. The Bertz CT molecular complexity index is 1510. The SMILES string of the molecule is O=[N+]([O-])c1ccc(N2NC(c3ccccc3)=NN2c2ccc(-c3cc4ccccc4[nH]3)cc2)cc1. The number of para-hydroxylation sites is 1. The first-order chi connectivity index (χ1) is 17.2. The summed E-state index contributed by atoms with van der Waals surface area (Å²) in [5, 5.41) is 20.6. The van der Waals surface area contributed by atoms with Gasteiger partial charge in [-0.25, -0.2) is 0 Å². The number of hydrogen-bond acceptors (Lipinski definition) is 6. The zero-order valence-corrected chi connectivity index (χ0v) is 18.5. The lowest BCUT2D eigenvalue weighted by Gasteiger charge is -2.28. The van der Waals surface area contributed by atoms with Crippen molar-refractivity contribution >= 4 is 33.8 Å². The molecule has 35 heavy (non-hydrogen) atoms.